The van der Waals surface area contributed by atoms with E-state index >= 15 is 0 Å². The van der Waals surface area contributed by atoms with Crippen molar-refractivity contribution in [2.24, 2.45) is 5.92 Å². The van der Waals surface area contributed by atoms with Crippen molar-refractivity contribution in [2.75, 3.05) is 26.7 Å². The summed E-state index contributed by atoms with van der Waals surface area (Å²) in [5.41, 5.74) is 4.61. The van der Waals surface area contributed by atoms with E-state index in [9.17, 15) is 4.79 Å². The Morgan fingerprint density at radius 2 is 1.78 bits per heavy atom. The number of aryl methyl sites for hydroxylation is 3. The number of carbonyl (C=O) groups is 1. The van der Waals surface area contributed by atoms with E-state index in [2.05, 4.69) is 20.4 Å². The van der Waals surface area contributed by atoms with Gasteiger partial charge in [-0.05, 0) is 66.1 Å². The first-order valence-electron chi connectivity index (χ1n) is 9.69. The van der Waals surface area contributed by atoms with Gasteiger partial charge in [0.05, 0.1) is 12.1 Å². The van der Waals surface area contributed by atoms with Gasteiger partial charge in [0.2, 0.25) is 5.91 Å². The summed E-state index contributed by atoms with van der Waals surface area (Å²) in [5.74, 6) is 1.43. The van der Waals surface area contributed by atoms with Crippen LogP contribution in [-0.2, 0) is 11.2 Å². The lowest BCUT2D eigenvalue weighted by Gasteiger charge is -2.32. The molecule has 0 radical (unpaired) electrons. The first-order valence-corrected chi connectivity index (χ1v) is 9.69. The van der Waals surface area contributed by atoms with E-state index in [4.69, 9.17) is 0 Å². The molecule has 7 heteroatoms. The van der Waals surface area contributed by atoms with Crippen LogP contribution in [-0.4, -0.2) is 57.2 Å². The Balaban J connectivity index is 1.74. The van der Waals surface area contributed by atoms with Crippen LogP contribution in [0.2, 0.25) is 0 Å². The molecule has 0 aliphatic carbocycles. The van der Waals surface area contributed by atoms with Gasteiger partial charge in [0, 0.05) is 35.7 Å². The molecular formula is C20H30N6O. The second-order valence-electron chi connectivity index (χ2n) is 7.57. The maximum absolute atomic E-state index is 12.8. The molecule has 7 nitrogen and oxygen atoms in total. The lowest BCUT2D eigenvalue weighted by atomic mass is 9.96. The highest BCUT2D eigenvalue weighted by atomic mass is 16.2. The maximum atomic E-state index is 12.8. The van der Waals surface area contributed by atoms with Crippen molar-refractivity contribution in [2.45, 2.75) is 47.0 Å². The van der Waals surface area contributed by atoms with E-state index in [1.54, 1.807) is 4.68 Å². The summed E-state index contributed by atoms with van der Waals surface area (Å²) in [7, 11) is 1.99. The van der Waals surface area contributed by atoms with Crippen LogP contribution in [0.5, 0.6) is 0 Å². The molecule has 146 valence electrons. The third-order valence-corrected chi connectivity index (χ3v) is 5.39. The van der Waals surface area contributed by atoms with Crippen LogP contribution in [0, 0.1) is 33.6 Å². The van der Waals surface area contributed by atoms with Gasteiger partial charge in [0.25, 0.3) is 5.95 Å². The Kier molecular flexibility index (Phi) is 5.89. The minimum Gasteiger partial charge on any atom is -0.342 e. The van der Waals surface area contributed by atoms with Crippen molar-refractivity contribution in [1.82, 2.24) is 30.0 Å². The maximum Gasteiger partial charge on any atom is 0.251 e. The predicted molar refractivity (Wildman–Crippen MR) is 105 cm³/mol. The molecule has 0 saturated carbocycles. The summed E-state index contributed by atoms with van der Waals surface area (Å²) in [6.07, 6.45) is 2.53. The Hall–Kier alpha value is -2.28. The average Bonchev–Trinajstić information content (AvgIpc) is 2.90. The third-order valence-electron chi connectivity index (χ3n) is 5.39. The number of hydrogen-bond donors (Lipinski definition) is 1. The second kappa shape index (κ2) is 8.17. The molecule has 3 rings (SSSR count). The van der Waals surface area contributed by atoms with Gasteiger partial charge < -0.3 is 10.2 Å². The number of rotatable bonds is 5. The molecule has 0 atom stereocenters. The topological polar surface area (TPSA) is 75.9 Å². The molecule has 2 aromatic rings. The fraction of sp³-hybridized carbons (Fsp3) is 0.600. The molecule has 1 N–H and O–H groups in total. The van der Waals surface area contributed by atoms with Crippen molar-refractivity contribution in [3.63, 3.8) is 0 Å². The highest BCUT2D eigenvalue weighted by Crippen LogP contribution is 2.21. The van der Waals surface area contributed by atoms with Gasteiger partial charge in [0.15, 0.2) is 0 Å². The lowest BCUT2D eigenvalue weighted by molar-refractivity contribution is -0.131. The number of aromatic nitrogens is 4. The molecule has 1 aliphatic rings. The molecule has 0 spiro atoms. The second-order valence-corrected chi connectivity index (χ2v) is 7.57. The van der Waals surface area contributed by atoms with Crippen molar-refractivity contribution >= 4 is 5.91 Å². The van der Waals surface area contributed by atoms with Crippen LogP contribution in [0.25, 0.3) is 5.95 Å². The van der Waals surface area contributed by atoms with E-state index in [1.807, 2.05) is 45.7 Å². The zero-order valence-electron chi connectivity index (χ0n) is 17.0. The monoisotopic (exact) mass is 370 g/mol. The van der Waals surface area contributed by atoms with Crippen molar-refractivity contribution in [3.05, 3.63) is 34.4 Å². The quantitative estimate of drug-likeness (QED) is 0.870. The number of nitrogens with one attached hydrogen (secondary N) is 1. The Labute approximate surface area is 161 Å². The lowest BCUT2D eigenvalue weighted by Crippen LogP contribution is -2.41. The van der Waals surface area contributed by atoms with Gasteiger partial charge in [0.1, 0.15) is 0 Å². The van der Waals surface area contributed by atoms with Crippen LogP contribution in [0.4, 0.5) is 0 Å². The summed E-state index contributed by atoms with van der Waals surface area (Å²) in [4.78, 5) is 23.8. The SMILES string of the molecule is CNCC1CCN(C(=O)Cc2c(C)nn(-c3nc(C)cc(C)n3)c2C)CC1. The molecule has 2 aromatic heterocycles. The summed E-state index contributed by atoms with van der Waals surface area (Å²) >= 11 is 0. The van der Waals surface area contributed by atoms with Gasteiger partial charge in [-0.3, -0.25) is 4.79 Å². The number of nitrogens with zero attached hydrogens (tertiary/aromatic N) is 5. The third kappa shape index (κ3) is 4.35. The van der Waals surface area contributed by atoms with Gasteiger partial charge in [-0.2, -0.15) is 5.10 Å². The zero-order valence-corrected chi connectivity index (χ0v) is 17.0. The van der Waals surface area contributed by atoms with E-state index in [1.165, 1.54) is 0 Å². The van der Waals surface area contributed by atoms with E-state index in [-0.39, 0.29) is 5.91 Å². The standard InChI is InChI=1S/C20H30N6O/c1-13-10-14(2)23-20(22-13)26-16(4)18(15(3)24-26)11-19(27)25-8-6-17(7-9-25)12-21-5/h10,17,21H,6-9,11-12H2,1-5H3. The van der Waals surface area contributed by atoms with E-state index < -0.39 is 0 Å². The van der Waals surface area contributed by atoms with Gasteiger partial charge in [-0.1, -0.05) is 0 Å². The van der Waals surface area contributed by atoms with Crippen LogP contribution >= 0.6 is 0 Å². The minimum absolute atomic E-state index is 0.185. The van der Waals surface area contributed by atoms with Gasteiger partial charge in [-0.15, -0.1) is 0 Å². The largest absolute Gasteiger partial charge is 0.342 e. The molecule has 0 unspecified atom stereocenters. The molecule has 1 amide bonds. The highest BCUT2D eigenvalue weighted by molar-refractivity contribution is 5.79. The minimum atomic E-state index is 0.185. The molecule has 27 heavy (non-hydrogen) atoms. The molecule has 1 aliphatic heterocycles. The summed E-state index contributed by atoms with van der Waals surface area (Å²) < 4.78 is 1.76. The summed E-state index contributed by atoms with van der Waals surface area (Å²) in [5, 5.41) is 7.85. The van der Waals surface area contributed by atoms with Gasteiger partial charge in [-0.25, -0.2) is 14.6 Å². The first-order chi connectivity index (χ1) is 12.9. The van der Waals surface area contributed by atoms with Crippen LogP contribution in [0.1, 0.15) is 41.2 Å². The number of hydrogen-bond acceptors (Lipinski definition) is 5. The summed E-state index contributed by atoms with van der Waals surface area (Å²) in [6, 6.07) is 1.94. The molecule has 1 fully saturated rings. The van der Waals surface area contributed by atoms with Crippen molar-refractivity contribution < 1.29 is 4.79 Å². The van der Waals surface area contributed by atoms with Crippen LogP contribution < -0.4 is 5.32 Å². The molecular weight excluding hydrogens is 340 g/mol. The zero-order chi connectivity index (χ0) is 19.6. The fourth-order valence-corrected chi connectivity index (χ4v) is 3.87. The molecule has 3 heterocycles. The van der Waals surface area contributed by atoms with E-state index in [0.29, 0.717) is 18.3 Å². The molecule has 1 saturated heterocycles. The fourth-order valence-electron chi connectivity index (χ4n) is 3.87. The number of amides is 1. The van der Waals surface area contributed by atoms with Crippen molar-refractivity contribution in [1.29, 1.82) is 0 Å². The normalized spacial score (nSPS) is 15.4. The highest BCUT2D eigenvalue weighted by Gasteiger charge is 2.25. The Morgan fingerprint density at radius 1 is 1.15 bits per heavy atom. The Bertz CT molecular complexity index is 800. The predicted octanol–water partition coefficient (Wildman–Crippen LogP) is 1.90. The molecule has 0 aromatic carbocycles. The number of piperidine rings is 1. The summed E-state index contributed by atoms with van der Waals surface area (Å²) in [6.45, 7) is 10.6. The van der Waals surface area contributed by atoms with Crippen LogP contribution in [0.3, 0.4) is 0 Å². The Morgan fingerprint density at radius 3 is 2.37 bits per heavy atom. The van der Waals surface area contributed by atoms with Gasteiger partial charge >= 0.3 is 0 Å². The molecule has 0 bridgehead atoms. The first kappa shape index (κ1) is 19.5. The smallest absolute Gasteiger partial charge is 0.251 e. The number of carbonyl (C=O) groups excluding carboxylic acids is 1. The average molecular weight is 371 g/mol. The van der Waals surface area contributed by atoms with E-state index in [0.717, 1.165) is 60.8 Å². The van der Waals surface area contributed by atoms with Crippen molar-refractivity contribution in [3.8, 4) is 5.95 Å². The number of likely N-dealkylation sites (tertiary alicyclic amines) is 1. The van der Waals surface area contributed by atoms with Crippen LogP contribution in [0.15, 0.2) is 6.07 Å².